The van der Waals surface area contributed by atoms with Crippen LogP contribution < -0.4 is 4.74 Å². The van der Waals surface area contributed by atoms with Crippen LogP contribution in [-0.4, -0.2) is 32.1 Å². The van der Waals surface area contributed by atoms with Crippen molar-refractivity contribution in [2.45, 2.75) is 25.9 Å². The summed E-state index contributed by atoms with van der Waals surface area (Å²) in [7, 11) is 0. The Hall–Kier alpha value is -2.60. The summed E-state index contributed by atoms with van der Waals surface area (Å²) in [5, 5.41) is 9.71. The Labute approximate surface area is 158 Å². The minimum atomic E-state index is 0.651. The van der Waals surface area contributed by atoms with Gasteiger partial charge in [0, 0.05) is 29.4 Å². The van der Waals surface area contributed by atoms with Crippen molar-refractivity contribution in [1.82, 2.24) is 19.7 Å². The molecule has 3 rings (SSSR count). The van der Waals surface area contributed by atoms with Gasteiger partial charge in [-0.1, -0.05) is 23.4 Å². The molecule has 0 aliphatic carbocycles. The summed E-state index contributed by atoms with van der Waals surface area (Å²) >= 11 is 1.67. The Morgan fingerprint density at radius 3 is 2.46 bits per heavy atom. The summed E-state index contributed by atoms with van der Waals surface area (Å²) in [6.45, 7) is 6.82. The van der Waals surface area contributed by atoms with Gasteiger partial charge in [-0.05, 0) is 57.2 Å². The van der Waals surface area contributed by atoms with Crippen molar-refractivity contribution >= 4 is 11.8 Å². The van der Waals surface area contributed by atoms with Crippen molar-refractivity contribution in [3.8, 4) is 22.8 Å². The van der Waals surface area contributed by atoms with Crippen LogP contribution in [0.25, 0.3) is 17.1 Å². The van der Waals surface area contributed by atoms with Crippen LogP contribution in [0, 0.1) is 0 Å². The van der Waals surface area contributed by atoms with E-state index in [1.54, 1.807) is 24.2 Å². The van der Waals surface area contributed by atoms with E-state index in [1.165, 1.54) is 5.57 Å². The molecule has 2 aromatic heterocycles. The number of nitrogens with zero attached hydrogens (tertiary/aromatic N) is 4. The number of thioether (sulfide) groups is 1. The van der Waals surface area contributed by atoms with Gasteiger partial charge in [0.15, 0.2) is 11.0 Å². The predicted octanol–water partition coefficient (Wildman–Crippen LogP) is 4.79. The fourth-order valence-electron chi connectivity index (χ4n) is 2.43. The van der Waals surface area contributed by atoms with Crippen LogP contribution in [0.2, 0.25) is 0 Å². The maximum absolute atomic E-state index is 5.55. The van der Waals surface area contributed by atoms with Crippen molar-refractivity contribution in [3.63, 3.8) is 0 Å². The quantitative estimate of drug-likeness (QED) is 0.445. The topological polar surface area (TPSA) is 52.8 Å². The standard InChI is InChI=1S/C20H22N4OS/c1-4-25-18-7-5-17(6-8-18)24-19(16-9-12-21-13-10-16)22-23-20(24)26-14-11-15(2)3/h5-13H,4,14H2,1-3H3. The van der Waals surface area contributed by atoms with Gasteiger partial charge < -0.3 is 4.74 Å². The Morgan fingerprint density at radius 1 is 1.08 bits per heavy atom. The molecule has 0 aliphatic rings. The third kappa shape index (κ3) is 4.32. The average molecular weight is 366 g/mol. The summed E-state index contributed by atoms with van der Waals surface area (Å²) in [6.07, 6.45) is 5.72. The first kappa shape index (κ1) is 18.2. The molecule has 1 aromatic carbocycles. The Morgan fingerprint density at radius 2 is 1.81 bits per heavy atom. The first-order valence-electron chi connectivity index (χ1n) is 8.54. The monoisotopic (exact) mass is 366 g/mol. The Bertz CT molecular complexity index is 869. The van der Waals surface area contributed by atoms with Crippen LogP contribution >= 0.6 is 11.8 Å². The van der Waals surface area contributed by atoms with Gasteiger partial charge in [-0.25, -0.2) is 0 Å². The summed E-state index contributed by atoms with van der Waals surface area (Å²) in [4.78, 5) is 4.09. The number of ether oxygens (including phenoxy) is 1. The first-order valence-corrected chi connectivity index (χ1v) is 9.53. The molecular weight excluding hydrogens is 344 g/mol. The molecule has 5 nitrogen and oxygen atoms in total. The van der Waals surface area contributed by atoms with Crippen LogP contribution in [0.4, 0.5) is 0 Å². The van der Waals surface area contributed by atoms with E-state index in [4.69, 9.17) is 4.74 Å². The third-order valence-corrected chi connectivity index (χ3v) is 4.54. The molecule has 0 N–H and O–H groups in total. The highest BCUT2D eigenvalue weighted by Gasteiger charge is 2.15. The molecule has 0 aliphatic heterocycles. The average Bonchev–Trinajstić information content (AvgIpc) is 3.07. The molecule has 134 valence electrons. The first-order chi connectivity index (χ1) is 12.7. The fraction of sp³-hybridized carbons (Fsp3) is 0.250. The van der Waals surface area contributed by atoms with Gasteiger partial charge in [0.1, 0.15) is 5.75 Å². The molecule has 0 saturated heterocycles. The second kappa shape index (κ2) is 8.67. The van der Waals surface area contributed by atoms with E-state index < -0.39 is 0 Å². The lowest BCUT2D eigenvalue weighted by Gasteiger charge is -2.11. The highest BCUT2D eigenvalue weighted by molar-refractivity contribution is 7.99. The minimum absolute atomic E-state index is 0.651. The van der Waals surface area contributed by atoms with E-state index in [-0.39, 0.29) is 0 Å². The molecule has 0 saturated carbocycles. The zero-order chi connectivity index (χ0) is 18.4. The molecule has 26 heavy (non-hydrogen) atoms. The van der Waals surface area contributed by atoms with Crippen LogP contribution in [0.5, 0.6) is 5.75 Å². The van der Waals surface area contributed by atoms with Crippen molar-refractivity contribution in [1.29, 1.82) is 0 Å². The zero-order valence-electron chi connectivity index (χ0n) is 15.2. The van der Waals surface area contributed by atoms with Gasteiger partial charge in [-0.2, -0.15) is 0 Å². The largest absolute Gasteiger partial charge is 0.494 e. The second-order valence-corrected chi connectivity index (χ2v) is 6.88. The molecule has 0 bridgehead atoms. The highest BCUT2D eigenvalue weighted by atomic mass is 32.2. The van der Waals surface area contributed by atoms with Gasteiger partial charge in [0.05, 0.1) is 6.61 Å². The molecule has 6 heteroatoms. The normalized spacial score (nSPS) is 10.6. The molecule has 0 unspecified atom stereocenters. The number of hydrogen-bond donors (Lipinski definition) is 0. The second-order valence-electron chi connectivity index (χ2n) is 5.90. The van der Waals surface area contributed by atoms with Crippen LogP contribution in [0.15, 0.2) is 65.6 Å². The highest BCUT2D eigenvalue weighted by Crippen LogP contribution is 2.28. The maximum atomic E-state index is 5.55. The molecule has 0 radical (unpaired) electrons. The van der Waals surface area contributed by atoms with E-state index in [2.05, 4.69) is 39.7 Å². The summed E-state index contributed by atoms with van der Waals surface area (Å²) < 4.78 is 7.63. The number of aromatic nitrogens is 4. The molecule has 0 amide bonds. The van der Waals surface area contributed by atoms with Crippen molar-refractivity contribution in [3.05, 3.63) is 60.4 Å². The van der Waals surface area contributed by atoms with Gasteiger partial charge in [-0.15, -0.1) is 10.2 Å². The Balaban J connectivity index is 2.01. The maximum Gasteiger partial charge on any atom is 0.196 e. The SMILES string of the molecule is CCOc1ccc(-n2c(SCC=C(C)C)nnc2-c2ccncc2)cc1. The number of allylic oxidation sites excluding steroid dienone is 1. The summed E-state index contributed by atoms with van der Waals surface area (Å²) in [5.41, 5.74) is 3.28. The van der Waals surface area contributed by atoms with Crippen LogP contribution in [-0.2, 0) is 0 Å². The number of rotatable bonds is 7. The molecule has 2 heterocycles. The van der Waals surface area contributed by atoms with Crippen molar-refractivity contribution < 1.29 is 4.74 Å². The van der Waals surface area contributed by atoms with Crippen molar-refractivity contribution in [2.24, 2.45) is 0 Å². The van der Waals surface area contributed by atoms with E-state index in [0.717, 1.165) is 33.7 Å². The fourth-order valence-corrected chi connectivity index (χ4v) is 3.41. The molecular formula is C20H22N4OS. The molecule has 0 fully saturated rings. The van der Waals surface area contributed by atoms with Crippen LogP contribution in [0.3, 0.4) is 0 Å². The molecule has 3 aromatic rings. The third-order valence-electron chi connectivity index (χ3n) is 3.68. The van der Waals surface area contributed by atoms with E-state index in [9.17, 15) is 0 Å². The van der Waals surface area contributed by atoms with E-state index in [0.29, 0.717) is 6.61 Å². The van der Waals surface area contributed by atoms with Crippen LogP contribution in [0.1, 0.15) is 20.8 Å². The lowest BCUT2D eigenvalue weighted by atomic mass is 10.2. The lowest BCUT2D eigenvalue weighted by Crippen LogP contribution is -2.00. The summed E-state index contributed by atoms with van der Waals surface area (Å²) in [6, 6.07) is 11.9. The number of hydrogen-bond acceptors (Lipinski definition) is 5. The van der Waals surface area contributed by atoms with E-state index in [1.807, 2.05) is 43.3 Å². The summed E-state index contributed by atoms with van der Waals surface area (Å²) in [5.74, 6) is 2.51. The number of benzene rings is 1. The number of pyridine rings is 1. The molecule has 0 atom stereocenters. The van der Waals surface area contributed by atoms with Gasteiger partial charge in [0.2, 0.25) is 0 Å². The zero-order valence-corrected chi connectivity index (χ0v) is 16.0. The van der Waals surface area contributed by atoms with Gasteiger partial charge in [-0.3, -0.25) is 9.55 Å². The molecule has 0 spiro atoms. The smallest absolute Gasteiger partial charge is 0.196 e. The Kier molecular flexibility index (Phi) is 6.07. The van der Waals surface area contributed by atoms with Crippen molar-refractivity contribution in [2.75, 3.05) is 12.4 Å². The minimum Gasteiger partial charge on any atom is -0.494 e. The van der Waals surface area contributed by atoms with Gasteiger partial charge in [0.25, 0.3) is 0 Å². The lowest BCUT2D eigenvalue weighted by molar-refractivity contribution is 0.340. The predicted molar refractivity (Wildman–Crippen MR) is 106 cm³/mol. The van der Waals surface area contributed by atoms with E-state index >= 15 is 0 Å². The van der Waals surface area contributed by atoms with Gasteiger partial charge >= 0.3 is 0 Å².